The van der Waals surface area contributed by atoms with E-state index in [-0.39, 0.29) is 24.1 Å². The van der Waals surface area contributed by atoms with Gasteiger partial charge in [0.05, 0.1) is 0 Å². The van der Waals surface area contributed by atoms with Crippen LogP contribution >= 0.6 is 0 Å². The number of hydrogen-bond acceptors (Lipinski definition) is 4. The van der Waals surface area contributed by atoms with Gasteiger partial charge in [-0.1, -0.05) is 60.7 Å². The summed E-state index contributed by atoms with van der Waals surface area (Å²) in [5.74, 6) is 1.46. The van der Waals surface area contributed by atoms with Gasteiger partial charge >= 0.3 is 0 Å². The molecule has 5 rings (SSSR count). The van der Waals surface area contributed by atoms with E-state index in [1.165, 1.54) is 5.56 Å². The molecular formula is C28H28N2O4. The van der Waals surface area contributed by atoms with Crippen LogP contribution in [0.2, 0.25) is 0 Å². The monoisotopic (exact) mass is 456 g/mol. The predicted molar refractivity (Wildman–Crippen MR) is 129 cm³/mol. The lowest BCUT2D eigenvalue weighted by Crippen LogP contribution is -2.44. The molecule has 0 unspecified atom stereocenters. The summed E-state index contributed by atoms with van der Waals surface area (Å²) in [6.45, 7) is 0.656. The van der Waals surface area contributed by atoms with Crippen molar-refractivity contribution in [3.8, 4) is 22.6 Å². The van der Waals surface area contributed by atoms with E-state index in [0.29, 0.717) is 38.0 Å². The van der Waals surface area contributed by atoms with Gasteiger partial charge in [-0.3, -0.25) is 9.59 Å². The van der Waals surface area contributed by atoms with Crippen molar-refractivity contribution < 1.29 is 19.1 Å². The highest BCUT2D eigenvalue weighted by Crippen LogP contribution is 2.33. The molecule has 174 valence electrons. The molecule has 0 bridgehead atoms. The van der Waals surface area contributed by atoms with E-state index >= 15 is 0 Å². The van der Waals surface area contributed by atoms with Crippen LogP contribution in [0.5, 0.6) is 11.5 Å². The molecule has 1 saturated heterocycles. The van der Waals surface area contributed by atoms with Crippen LogP contribution in [0.4, 0.5) is 0 Å². The van der Waals surface area contributed by atoms with Crippen LogP contribution in [-0.4, -0.2) is 24.1 Å². The minimum atomic E-state index is -0.387. The van der Waals surface area contributed by atoms with Gasteiger partial charge in [-0.15, -0.1) is 0 Å². The number of carbonyl (C=O) groups is 2. The van der Waals surface area contributed by atoms with Gasteiger partial charge in [-0.25, -0.2) is 0 Å². The van der Waals surface area contributed by atoms with Crippen molar-refractivity contribution in [3.05, 3.63) is 83.9 Å². The third-order valence-electron chi connectivity index (χ3n) is 6.60. The van der Waals surface area contributed by atoms with E-state index in [4.69, 9.17) is 9.47 Å². The van der Waals surface area contributed by atoms with Crippen LogP contribution in [0.25, 0.3) is 11.1 Å². The third-order valence-corrected chi connectivity index (χ3v) is 6.60. The molecule has 6 heteroatoms. The lowest BCUT2D eigenvalue weighted by atomic mass is 9.84. The fourth-order valence-corrected chi connectivity index (χ4v) is 4.71. The zero-order valence-corrected chi connectivity index (χ0v) is 19.0. The Labute approximate surface area is 199 Å². The van der Waals surface area contributed by atoms with E-state index in [0.717, 1.165) is 28.9 Å². The van der Waals surface area contributed by atoms with Gasteiger partial charge in [-0.05, 0) is 53.6 Å². The number of rotatable bonds is 8. The maximum absolute atomic E-state index is 12.6. The predicted octanol–water partition coefficient (Wildman–Crippen LogP) is 4.37. The van der Waals surface area contributed by atoms with Gasteiger partial charge in [0.15, 0.2) is 11.5 Å². The van der Waals surface area contributed by atoms with Crippen molar-refractivity contribution in [2.45, 2.75) is 44.2 Å². The van der Waals surface area contributed by atoms with E-state index < -0.39 is 0 Å². The van der Waals surface area contributed by atoms with Crippen LogP contribution in [0.15, 0.2) is 72.8 Å². The number of benzene rings is 3. The topological polar surface area (TPSA) is 76.7 Å². The van der Waals surface area contributed by atoms with Gasteiger partial charge in [0.25, 0.3) is 0 Å². The second-order valence-electron chi connectivity index (χ2n) is 9.03. The van der Waals surface area contributed by atoms with Crippen molar-refractivity contribution >= 4 is 11.8 Å². The molecule has 3 aromatic carbocycles. The van der Waals surface area contributed by atoms with Crippen molar-refractivity contribution in [3.63, 3.8) is 0 Å². The lowest BCUT2D eigenvalue weighted by molar-refractivity contribution is -0.122. The average molecular weight is 457 g/mol. The van der Waals surface area contributed by atoms with Crippen molar-refractivity contribution in [2.24, 2.45) is 0 Å². The standard InChI is InChI=1S/C28H28N2O4/c31-26(29-18-21-8-11-24-25(16-21)34-19-33-24)12-14-28(15-13-27(32)30-28)17-20-6-9-23(10-7-20)22-4-2-1-3-5-22/h1-11,16H,12-15,17-19H2,(H,29,31)(H,30,32)/t28-/m1/s1. The second-order valence-corrected chi connectivity index (χ2v) is 9.03. The van der Waals surface area contributed by atoms with Gasteiger partial charge in [0.2, 0.25) is 18.6 Å². The molecule has 2 amide bonds. The Morgan fingerprint density at radius 1 is 0.912 bits per heavy atom. The molecule has 0 aliphatic carbocycles. The molecule has 2 aliphatic heterocycles. The summed E-state index contributed by atoms with van der Waals surface area (Å²) in [6, 6.07) is 24.4. The van der Waals surface area contributed by atoms with Gasteiger partial charge in [0, 0.05) is 24.9 Å². The highest BCUT2D eigenvalue weighted by Gasteiger charge is 2.37. The van der Waals surface area contributed by atoms with E-state index in [1.807, 2.05) is 36.4 Å². The summed E-state index contributed by atoms with van der Waals surface area (Å²) in [6.07, 6.45) is 2.91. The number of fused-ring (bicyclic) bond motifs is 1. The number of nitrogens with one attached hydrogen (secondary N) is 2. The van der Waals surface area contributed by atoms with Crippen LogP contribution in [0.1, 0.15) is 36.8 Å². The molecule has 0 spiro atoms. The first-order valence-corrected chi connectivity index (χ1v) is 11.7. The Morgan fingerprint density at radius 2 is 1.65 bits per heavy atom. The Bertz CT molecular complexity index is 1180. The molecule has 1 atom stereocenters. The Kier molecular flexibility index (Phi) is 6.21. The number of hydrogen-bond donors (Lipinski definition) is 2. The molecule has 34 heavy (non-hydrogen) atoms. The number of amides is 2. The van der Waals surface area contributed by atoms with E-state index in [9.17, 15) is 9.59 Å². The minimum absolute atomic E-state index is 0.0300. The maximum atomic E-state index is 12.6. The summed E-state index contributed by atoms with van der Waals surface area (Å²) < 4.78 is 10.7. The molecule has 0 aromatic heterocycles. The summed E-state index contributed by atoms with van der Waals surface area (Å²) in [5, 5.41) is 6.15. The number of carbonyl (C=O) groups excluding carboxylic acids is 2. The summed E-state index contributed by atoms with van der Waals surface area (Å²) in [7, 11) is 0. The van der Waals surface area contributed by atoms with Gasteiger partial charge < -0.3 is 20.1 Å². The lowest BCUT2D eigenvalue weighted by Gasteiger charge is -2.29. The first-order valence-electron chi connectivity index (χ1n) is 11.7. The average Bonchev–Trinajstić information content (AvgIpc) is 3.48. The molecule has 2 N–H and O–H groups in total. The zero-order valence-electron chi connectivity index (χ0n) is 19.0. The molecule has 0 radical (unpaired) electrons. The fourth-order valence-electron chi connectivity index (χ4n) is 4.71. The zero-order chi connectivity index (χ0) is 23.4. The fraction of sp³-hybridized carbons (Fsp3) is 0.286. The quantitative estimate of drug-likeness (QED) is 0.528. The summed E-state index contributed by atoms with van der Waals surface area (Å²) in [4.78, 5) is 24.7. The van der Waals surface area contributed by atoms with Crippen LogP contribution < -0.4 is 20.1 Å². The molecule has 2 heterocycles. The number of ether oxygens (including phenoxy) is 2. The Balaban J connectivity index is 1.19. The first-order chi connectivity index (χ1) is 16.6. The molecule has 2 aliphatic rings. The largest absolute Gasteiger partial charge is 0.454 e. The smallest absolute Gasteiger partial charge is 0.231 e. The second kappa shape index (κ2) is 9.59. The minimum Gasteiger partial charge on any atom is -0.454 e. The molecule has 3 aromatic rings. The maximum Gasteiger partial charge on any atom is 0.231 e. The summed E-state index contributed by atoms with van der Waals surface area (Å²) >= 11 is 0. The van der Waals surface area contributed by atoms with Crippen molar-refractivity contribution in [1.29, 1.82) is 0 Å². The molecule has 6 nitrogen and oxygen atoms in total. The van der Waals surface area contributed by atoms with Crippen molar-refractivity contribution in [1.82, 2.24) is 10.6 Å². The van der Waals surface area contributed by atoms with Crippen LogP contribution in [0, 0.1) is 0 Å². The highest BCUT2D eigenvalue weighted by atomic mass is 16.7. The third kappa shape index (κ3) is 5.06. The van der Waals surface area contributed by atoms with Gasteiger partial charge in [-0.2, -0.15) is 0 Å². The van der Waals surface area contributed by atoms with Crippen molar-refractivity contribution in [2.75, 3.05) is 6.79 Å². The SMILES string of the molecule is O=C(CC[C@]1(Cc2ccc(-c3ccccc3)cc2)CCC(=O)N1)NCc1ccc2c(c1)OCO2. The Hall–Kier alpha value is -3.80. The molecular weight excluding hydrogens is 428 g/mol. The highest BCUT2D eigenvalue weighted by molar-refractivity contribution is 5.80. The normalized spacial score (nSPS) is 18.5. The summed E-state index contributed by atoms with van der Waals surface area (Å²) in [5.41, 5.74) is 4.07. The van der Waals surface area contributed by atoms with Gasteiger partial charge in [0.1, 0.15) is 0 Å². The van der Waals surface area contributed by atoms with E-state index in [2.05, 4.69) is 47.0 Å². The van der Waals surface area contributed by atoms with Crippen LogP contribution in [0.3, 0.4) is 0 Å². The molecule has 0 saturated carbocycles. The molecule has 1 fully saturated rings. The first kappa shape index (κ1) is 22.0. The van der Waals surface area contributed by atoms with E-state index in [1.54, 1.807) is 0 Å². The van der Waals surface area contributed by atoms with Crippen LogP contribution in [-0.2, 0) is 22.6 Å². The Morgan fingerprint density at radius 3 is 2.41 bits per heavy atom.